The minimum atomic E-state index is -0.361. The number of pyridine rings is 1. The molecule has 3 rings (SSSR count). The number of anilines is 3. The van der Waals surface area contributed by atoms with Gasteiger partial charge in [0, 0.05) is 16.9 Å². The van der Waals surface area contributed by atoms with Crippen LogP contribution in [-0.4, -0.2) is 23.8 Å². The van der Waals surface area contributed by atoms with Crippen LogP contribution in [0.1, 0.15) is 27.8 Å². The molecule has 0 saturated carbocycles. The monoisotopic (exact) mass is 395 g/mol. The molecule has 2 N–H and O–H groups in total. The summed E-state index contributed by atoms with van der Waals surface area (Å²) in [5, 5.41) is 6.39. The highest BCUT2D eigenvalue weighted by atomic mass is 35.5. The molecule has 7 heteroatoms. The van der Waals surface area contributed by atoms with Gasteiger partial charge in [-0.2, -0.15) is 0 Å². The predicted octanol–water partition coefficient (Wildman–Crippen LogP) is 4.94. The lowest BCUT2D eigenvalue weighted by molar-refractivity contribution is 0.100. The van der Waals surface area contributed by atoms with E-state index in [2.05, 4.69) is 15.6 Å². The molecule has 2 aromatic carbocycles. The number of ketones is 1. The van der Waals surface area contributed by atoms with Gasteiger partial charge in [0.1, 0.15) is 11.4 Å². The maximum atomic E-state index is 12.4. The van der Waals surface area contributed by atoms with Crippen molar-refractivity contribution >= 4 is 40.4 Å². The van der Waals surface area contributed by atoms with E-state index >= 15 is 0 Å². The van der Waals surface area contributed by atoms with Crippen molar-refractivity contribution in [1.82, 2.24) is 4.98 Å². The highest BCUT2D eigenvalue weighted by molar-refractivity contribution is 6.32. The molecule has 6 nitrogen and oxygen atoms in total. The molecule has 1 aromatic heterocycles. The van der Waals surface area contributed by atoms with Crippen LogP contribution in [0.2, 0.25) is 5.02 Å². The third kappa shape index (κ3) is 4.66. The van der Waals surface area contributed by atoms with E-state index in [0.29, 0.717) is 27.7 Å². The number of Topliss-reactive ketones (excluding diaryl/α,β-unsaturated/α-hetero) is 1. The molecule has 1 heterocycles. The van der Waals surface area contributed by atoms with Crippen molar-refractivity contribution in [2.24, 2.45) is 0 Å². The van der Waals surface area contributed by atoms with Crippen LogP contribution in [0.4, 0.5) is 17.1 Å². The average Bonchev–Trinajstić information content (AvgIpc) is 2.69. The molecule has 0 radical (unpaired) electrons. The number of carbonyl (C=O) groups is 2. The Morgan fingerprint density at radius 1 is 1.00 bits per heavy atom. The minimum Gasteiger partial charge on any atom is -0.495 e. The Labute approximate surface area is 167 Å². The van der Waals surface area contributed by atoms with Crippen molar-refractivity contribution in [3.8, 4) is 5.75 Å². The van der Waals surface area contributed by atoms with E-state index in [4.69, 9.17) is 16.3 Å². The van der Waals surface area contributed by atoms with Gasteiger partial charge in [-0.05, 0) is 49.4 Å². The fourth-order valence-corrected chi connectivity index (χ4v) is 2.78. The topological polar surface area (TPSA) is 80.3 Å². The number of nitrogens with one attached hydrogen (secondary N) is 2. The zero-order valence-corrected chi connectivity index (χ0v) is 16.1. The minimum absolute atomic E-state index is 0.0664. The van der Waals surface area contributed by atoms with Crippen LogP contribution in [0.3, 0.4) is 0 Å². The third-order valence-electron chi connectivity index (χ3n) is 3.96. The number of halogens is 1. The second kappa shape index (κ2) is 8.54. The quantitative estimate of drug-likeness (QED) is 0.577. The van der Waals surface area contributed by atoms with E-state index in [9.17, 15) is 9.59 Å². The Bertz CT molecular complexity index is 1020. The van der Waals surface area contributed by atoms with Crippen molar-refractivity contribution in [2.75, 3.05) is 17.7 Å². The van der Waals surface area contributed by atoms with E-state index in [0.717, 1.165) is 5.69 Å². The number of amides is 1. The third-order valence-corrected chi connectivity index (χ3v) is 4.26. The lowest BCUT2D eigenvalue weighted by Crippen LogP contribution is -2.14. The number of carbonyl (C=O) groups excluding carboxylic acids is 2. The molecule has 0 atom stereocenters. The predicted molar refractivity (Wildman–Crippen MR) is 110 cm³/mol. The van der Waals surface area contributed by atoms with Crippen LogP contribution >= 0.6 is 11.6 Å². The van der Waals surface area contributed by atoms with Gasteiger partial charge in [0.2, 0.25) is 0 Å². The molecule has 0 unspecified atom stereocenters. The van der Waals surface area contributed by atoms with Gasteiger partial charge in [-0.3, -0.25) is 9.59 Å². The van der Waals surface area contributed by atoms with Gasteiger partial charge in [-0.1, -0.05) is 23.7 Å². The summed E-state index contributed by atoms with van der Waals surface area (Å²) in [6, 6.07) is 15.4. The maximum absolute atomic E-state index is 12.4. The van der Waals surface area contributed by atoms with Gasteiger partial charge in [-0.15, -0.1) is 0 Å². The molecule has 1 amide bonds. The van der Waals surface area contributed by atoms with Crippen LogP contribution in [0.25, 0.3) is 0 Å². The average molecular weight is 396 g/mol. The Kier molecular flexibility index (Phi) is 5.91. The SMILES string of the molecule is COc1ccc(Nc2ccc(C(=O)Nc3cccc(C(C)=O)c3)nc2)cc1Cl. The smallest absolute Gasteiger partial charge is 0.274 e. The summed E-state index contributed by atoms with van der Waals surface area (Å²) < 4.78 is 5.13. The zero-order valence-electron chi connectivity index (χ0n) is 15.3. The Morgan fingerprint density at radius 3 is 2.43 bits per heavy atom. The second-order valence-corrected chi connectivity index (χ2v) is 6.40. The highest BCUT2D eigenvalue weighted by Gasteiger charge is 2.09. The largest absolute Gasteiger partial charge is 0.495 e. The summed E-state index contributed by atoms with van der Waals surface area (Å²) in [5.41, 5.74) is 2.80. The van der Waals surface area contributed by atoms with E-state index in [1.807, 2.05) is 6.07 Å². The Morgan fingerprint density at radius 2 is 1.79 bits per heavy atom. The van der Waals surface area contributed by atoms with Gasteiger partial charge < -0.3 is 15.4 Å². The van der Waals surface area contributed by atoms with Gasteiger partial charge in [0.05, 0.1) is 24.0 Å². The summed E-state index contributed by atoms with van der Waals surface area (Å²) in [6.45, 7) is 1.48. The van der Waals surface area contributed by atoms with E-state index in [-0.39, 0.29) is 17.4 Å². The molecular weight excluding hydrogens is 378 g/mol. The van der Waals surface area contributed by atoms with Crippen LogP contribution < -0.4 is 15.4 Å². The van der Waals surface area contributed by atoms with Crippen LogP contribution in [0.5, 0.6) is 5.75 Å². The summed E-state index contributed by atoms with van der Waals surface area (Å²) in [6.07, 6.45) is 1.55. The lowest BCUT2D eigenvalue weighted by atomic mass is 10.1. The molecule has 3 aromatic rings. The summed E-state index contributed by atoms with van der Waals surface area (Å²) in [5.74, 6) is 0.161. The standard InChI is InChI=1S/C21H18ClN3O3/c1-13(26)14-4-3-5-15(10-14)25-21(27)19-8-6-17(12-23-19)24-16-7-9-20(28-2)18(22)11-16/h3-12,24H,1-2H3,(H,25,27). The Balaban J connectivity index is 1.68. The van der Waals surface area contributed by atoms with Crippen molar-refractivity contribution in [1.29, 1.82) is 0 Å². The first-order valence-electron chi connectivity index (χ1n) is 8.45. The Hall–Kier alpha value is -3.38. The molecular formula is C21H18ClN3O3. The first-order chi connectivity index (χ1) is 13.5. The molecule has 0 aliphatic heterocycles. The highest BCUT2D eigenvalue weighted by Crippen LogP contribution is 2.28. The van der Waals surface area contributed by atoms with E-state index in [1.54, 1.807) is 61.8 Å². The van der Waals surface area contributed by atoms with Crippen LogP contribution in [0.15, 0.2) is 60.8 Å². The lowest BCUT2D eigenvalue weighted by Gasteiger charge is -2.10. The number of hydrogen-bond acceptors (Lipinski definition) is 5. The van der Waals surface area contributed by atoms with Gasteiger partial charge in [0.15, 0.2) is 5.78 Å². The number of methoxy groups -OCH3 is 1. The second-order valence-electron chi connectivity index (χ2n) is 6.00. The number of ether oxygens (including phenoxy) is 1. The molecule has 0 bridgehead atoms. The van der Waals surface area contributed by atoms with Crippen molar-refractivity contribution in [3.63, 3.8) is 0 Å². The molecule has 28 heavy (non-hydrogen) atoms. The normalized spacial score (nSPS) is 10.2. The van der Waals surface area contributed by atoms with Crippen molar-refractivity contribution in [3.05, 3.63) is 77.1 Å². The summed E-state index contributed by atoms with van der Waals surface area (Å²) in [4.78, 5) is 28.0. The van der Waals surface area contributed by atoms with Crippen LogP contribution in [-0.2, 0) is 0 Å². The van der Waals surface area contributed by atoms with Gasteiger partial charge in [0.25, 0.3) is 5.91 Å². The van der Waals surface area contributed by atoms with Crippen LogP contribution in [0, 0.1) is 0 Å². The molecule has 0 spiro atoms. The number of hydrogen-bond donors (Lipinski definition) is 2. The van der Waals surface area contributed by atoms with E-state index in [1.165, 1.54) is 6.92 Å². The van der Waals surface area contributed by atoms with Gasteiger partial charge >= 0.3 is 0 Å². The molecule has 0 aliphatic carbocycles. The maximum Gasteiger partial charge on any atom is 0.274 e. The number of aromatic nitrogens is 1. The van der Waals surface area contributed by atoms with Gasteiger partial charge in [-0.25, -0.2) is 4.98 Å². The van der Waals surface area contributed by atoms with E-state index < -0.39 is 0 Å². The first kappa shape index (κ1) is 19.4. The van der Waals surface area contributed by atoms with Crippen molar-refractivity contribution in [2.45, 2.75) is 6.92 Å². The molecule has 0 fully saturated rings. The van der Waals surface area contributed by atoms with Crippen molar-refractivity contribution < 1.29 is 14.3 Å². The fraction of sp³-hybridized carbons (Fsp3) is 0.0952. The number of benzene rings is 2. The molecule has 0 saturated heterocycles. The number of rotatable bonds is 6. The molecule has 0 aliphatic rings. The summed E-state index contributed by atoms with van der Waals surface area (Å²) >= 11 is 6.12. The fourth-order valence-electron chi connectivity index (χ4n) is 2.52. The zero-order chi connectivity index (χ0) is 20.1. The number of nitrogens with zero attached hydrogens (tertiary/aromatic N) is 1. The molecule has 142 valence electrons. The summed E-state index contributed by atoms with van der Waals surface area (Å²) in [7, 11) is 1.55. The first-order valence-corrected chi connectivity index (χ1v) is 8.83.